The van der Waals surface area contributed by atoms with Gasteiger partial charge in [0.15, 0.2) is 0 Å². The van der Waals surface area contributed by atoms with Crippen molar-refractivity contribution in [3.05, 3.63) is 73.2 Å². The second-order valence-corrected chi connectivity index (χ2v) is 6.70. The van der Waals surface area contributed by atoms with Crippen LogP contribution in [0.5, 0.6) is 0 Å². The molecule has 0 spiro atoms. The van der Waals surface area contributed by atoms with Crippen LogP contribution in [0.25, 0.3) is 22.4 Å². The largest absolute Gasteiger partial charge is 0.383 e. The SMILES string of the molecule is N#Cc1c(-c2ccc(Cl)c([N+](=O)[O-])c2)cc(-c2ccc(Cl)c(Cl)c2)nc1N. The van der Waals surface area contributed by atoms with Crippen LogP contribution in [0.2, 0.25) is 15.1 Å². The average Bonchev–Trinajstić information content (AvgIpc) is 2.63. The number of nitro groups is 1. The van der Waals surface area contributed by atoms with E-state index in [9.17, 15) is 15.4 Å². The molecule has 0 saturated heterocycles. The lowest BCUT2D eigenvalue weighted by Gasteiger charge is -2.11. The molecule has 2 N–H and O–H groups in total. The van der Waals surface area contributed by atoms with Crippen molar-refractivity contribution >= 4 is 46.3 Å². The molecule has 27 heavy (non-hydrogen) atoms. The maximum Gasteiger partial charge on any atom is 0.288 e. The number of anilines is 1. The number of nitrogens with two attached hydrogens (primary N) is 1. The molecule has 0 fully saturated rings. The van der Waals surface area contributed by atoms with E-state index < -0.39 is 4.92 Å². The Hall–Kier alpha value is -2.85. The van der Waals surface area contributed by atoms with E-state index >= 15 is 0 Å². The normalized spacial score (nSPS) is 10.4. The minimum atomic E-state index is -0.595. The molecule has 0 bridgehead atoms. The summed E-state index contributed by atoms with van der Waals surface area (Å²) >= 11 is 17.9. The quantitative estimate of drug-likeness (QED) is 0.430. The van der Waals surface area contributed by atoms with Crippen molar-refractivity contribution < 1.29 is 4.92 Å². The summed E-state index contributed by atoms with van der Waals surface area (Å²) in [5, 5.41) is 21.4. The zero-order valence-corrected chi connectivity index (χ0v) is 15.7. The van der Waals surface area contributed by atoms with Crippen molar-refractivity contribution in [2.45, 2.75) is 0 Å². The third-order valence-corrected chi connectivity index (χ3v) is 4.89. The summed E-state index contributed by atoms with van der Waals surface area (Å²) in [5.41, 5.74) is 7.67. The first-order chi connectivity index (χ1) is 12.8. The molecule has 0 aliphatic carbocycles. The minimum absolute atomic E-state index is 0.00556. The Balaban J connectivity index is 2.25. The molecule has 1 heterocycles. The second kappa shape index (κ2) is 7.41. The Labute approximate surface area is 168 Å². The van der Waals surface area contributed by atoms with E-state index in [1.54, 1.807) is 30.3 Å². The third kappa shape index (κ3) is 3.67. The fourth-order valence-corrected chi connectivity index (χ4v) is 3.02. The van der Waals surface area contributed by atoms with Crippen LogP contribution < -0.4 is 5.73 Å². The van der Waals surface area contributed by atoms with Crippen molar-refractivity contribution in [1.29, 1.82) is 5.26 Å². The highest BCUT2D eigenvalue weighted by Gasteiger charge is 2.18. The minimum Gasteiger partial charge on any atom is -0.383 e. The molecular formula is C18H9Cl3N4O2. The third-order valence-electron chi connectivity index (χ3n) is 3.83. The summed E-state index contributed by atoms with van der Waals surface area (Å²) < 4.78 is 0. The van der Waals surface area contributed by atoms with E-state index in [-0.39, 0.29) is 22.1 Å². The number of nitrogen functional groups attached to an aromatic ring is 1. The predicted molar refractivity (Wildman–Crippen MR) is 106 cm³/mol. The Bertz CT molecular complexity index is 1130. The van der Waals surface area contributed by atoms with Gasteiger partial charge in [0, 0.05) is 17.2 Å². The van der Waals surface area contributed by atoms with E-state index in [4.69, 9.17) is 40.5 Å². The van der Waals surface area contributed by atoms with Crippen LogP contribution >= 0.6 is 34.8 Å². The molecule has 0 unspecified atom stereocenters. The summed E-state index contributed by atoms with van der Waals surface area (Å²) in [5.74, 6) is -0.00586. The summed E-state index contributed by atoms with van der Waals surface area (Å²) in [6.07, 6.45) is 0. The lowest BCUT2D eigenvalue weighted by Crippen LogP contribution is -2.00. The number of nitriles is 1. The molecule has 0 amide bonds. The predicted octanol–water partition coefficient (Wildman–Crippen LogP) is 5.74. The topological polar surface area (TPSA) is 106 Å². The van der Waals surface area contributed by atoms with Gasteiger partial charge in [-0.15, -0.1) is 0 Å². The average molecular weight is 420 g/mol. The van der Waals surface area contributed by atoms with Crippen molar-refractivity contribution in [3.63, 3.8) is 0 Å². The molecule has 3 aromatic rings. The van der Waals surface area contributed by atoms with Gasteiger partial charge >= 0.3 is 0 Å². The summed E-state index contributed by atoms with van der Waals surface area (Å²) in [4.78, 5) is 14.8. The number of rotatable bonds is 3. The molecule has 3 rings (SSSR count). The number of pyridine rings is 1. The van der Waals surface area contributed by atoms with Crippen LogP contribution in [0, 0.1) is 21.4 Å². The maximum absolute atomic E-state index is 11.2. The molecule has 0 radical (unpaired) electrons. The first-order valence-corrected chi connectivity index (χ1v) is 8.55. The van der Waals surface area contributed by atoms with Gasteiger partial charge in [0.05, 0.1) is 20.7 Å². The van der Waals surface area contributed by atoms with E-state index in [0.717, 1.165) is 0 Å². The van der Waals surface area contributed by atoms with Crippen LogP contribution in [0.1, 0.15) is 5.56 Å². The molecule has 1 aromatic heterocycles. The van der Waals surface area contributed by atoms with Crippen molar-refractivity contribution in [2.75, 3.05) is 5.73 Å². The Morgan fingerprint density at radius 2 is 1.67 bits per heavy atom. The molecule has 0 aliphatic heterocycles. The first-order valence-electron chi connectivity index (χ1n) is 7.42. The van der Waals surface area contributed by atoms with E-state index in [2.05, 4.69) is 4.98 Å². The zero-order chi connectivity index (χ0) is 19.7. The Morgan fingerprint density at radius 1 is 1.00 bits per heavy atom. The molecular weight excluding hydrogens is 411 g/mol. The number of hydrogen-bond acceptors (Lipinski definition) is 5. The summed E-state index contributed by atoms with van der Waals surface area (Å²) in [6.45, 7) is 0. The van der Waals surface area contributed by atoms with Gasteiger partial charge in [-0.05, 0) is 29.8 Å². The number of halogens is 3. The van der Waals surface area contributed by atoms with Gasteiger partial charge in [0.25, 0.3) is 5.69 Å². The van der Waals surface area contributed by atoms with Crippen LogP contribution in [-0.2, 0) is 0 Å². The second-order valence-electron chi connectivity index (χ2n) is 5.48. The van der Waals surface area contributed by atoms with Gasteiger partial charge in [0.2, 0.25) is 0 Å². The van der Waals surface area contributed by atoms with Gasteiger partial charge in [-0.2, -0.15) is 5.26 Å². The molecule has 134 valence electrons. The molecule has 0 saturated carbocycles. The van der Waals surface area contributed by atoms with Crippen LogP contribution in [0.3, 0.4) is 0 Å². The van der Waals surface area contributed by atoms with Crippen LogP contribution in [0.4, 0.5) is 11.5 Å². The van der Waals surface area contributed by atoms with E-state index in [0.29, 0.717) is 32.4 Å². The highest BCUT2D eigenvalue weighted by atomic mass is 35.5. The lowest BCUT2D eigenvalue weighted by atomic mass is 9.98. The summed E-state index contributed by atoms with van der Waals surface area (Å²) in [7, 11) is 0. The number of nitro benzene ring substituents is 1. The number of hydrogen-bond donors (Lipinski definition) is 1. The number of aromatic nitrogens is 1. The van der Waals surface area contributed by atoms with Crippen molar-refractivity contribution in [3.8, 4) is 28.5 Å². The maximum atomic E-state index is 11.2. The molecule has 0 atom stereocenters. The Morgan fingerprint density at radius 3 is 2.30 bits per heavy atom. The molecule has 9 heteroatoms. The Kier molecular flexibility index (Phi) is 5.19. The van der Waals surface area contributed by atoms with Crippen LogP contribution in [-0.4, -0.2) is 9.91 Å². The van der Waals surface area contributed by atoms with Gasteiger partial charge in [-0.3, -0.25) is 10.1 Å². The number of benzene rings is 2. The van der Waals surface area contributed by atoms with Gasteiger partial charge in [-0.1, -0.05) is 46.9 Å². The fourth-order valence-electron chi connectivity index (χ4n) is 2.53. The highest BCUT2D eigenvalue weighted by molar-refractivity contribution is 6.42. The molecule has 6 nitrogen and oxygen atoms in total. The summed E-state index contributed by atoms with van der Waals surface area (Å²) in [6, 6.07) is 12.8. The highest BCUT2D eigenvalue weighted by Crippen LogP contribution is 2.36. The monoisotopic (exact) mass is 418 g/mol. The van der Waals surface area contributed by atoms with Crippen molar-refractivity contribution in [2.24, 2.45) is 0 Å². The van der Waals surface area contributed by atoms with E-state index in [1.807, 2.05) is 6.07 Å². The molecule has 2 aromatic carbocycles. The lowest BCUT2D eigenvalue weighted by molar-refractivity contribution is -0.384. The van der Waals surface area contributed by atoms with Gasteiger partial charge in [-0.25, -0.2) is 4.98 Å². The fraction of sp³-hybridized carbons (Fsp3) is 0. The van der Waals surface area contributed by atoms with Crippen LogP contribution in [0.15, 0.2) is 42.5 Å². The zero-order valence-electron chi connectivity index (χ0n) is 13.4. The molecule has 0 aliphatic rings. The first kappa shape index (κ1) is 18.9. The smallest absolute Gasteiger partial charge is 0.288 e. The number of nitrogens with zero attached hydrogens (tertiary/aromatic N) is 3. The van der Waals surface area contributed by atoms with E-state index in [1.165, 1.54) is 12.1 Å². The van der Waals surface area contributed by atoms with Gasteiger partial charge in [0.1, 0.15) is 22.5 Å². The standard InChI is InChI=1S/C18H9Cl3N4O2/c19-13-3-2-10(5-15(13)21)16-7-11(12(8-22)18(23)24-16)9-1-4-14(20)17(6-9)25(26)27/h1-7H,(H2,23,24). The van der Waals surface area contributed by atoms with Gasteiger partial charge < -0.3 is 5.73 Å². The van der Waals surface area contributed by atoms with Crippen molar-refractivity contribution in [1.82, 2.24) is 4.98 Å².